The molecule has 0 aliphatic rings. The molecule has 1 amide bonds. The molecule has 0 saturated heterocycles. The van der Waals surface area contributed by atoms with Gasteiger partial charge in [-0.15, -0.1) is 0 Å². The average molecular weight is 454 g/mol. The number of anilines is 6. The number of nitrogens with one attached hydrogen (secondary N) is 4. The topological polar surface area (TPSA) is 104 Å². The van der Waals surface area contributed by atoms with Crippen LogP contribution in [-0.2, 0) is 4.79 Å². The summed E-state index contributed by atoms with van der Waals surface area (Å²) < 4.78 is 0. The van der Waals surface area contributed by atoms with E-state index < -0.39 is 0 Å². The number of hydrogen-bond donors (Lipinski definition) is 4. The van der Waals surface area contributed by atoms with Crippen LogP contribution in [0.4, 0.5) is 34.9 Å². The van der Waals surface area contributed by atoms with Gasteiger partial charge >= 0.3 is 0 Å². The summed E-state index contributed by atoms with van der Waals surface area (Å²) in [5.41, 5.74) is 5.77. The Morgan fingerprint density at radius 1 is 0.676 bits per heavy atom. The number of aryl methyl sites for hydroxylation is 3. The fourth-order valence-electron chi connectivity index (χ4n) is 3.17. The summed E-state index contributed by atoms with van der Waals surface area (Å²) in [4.78, 5) is 25.8. The molecular weight excluding hydrogens is 426 g/mol. The lowest BCUT2D eigenvalue weighted by Crippen LogP contribution is -2.23. The van der Waals surface area contributed by atoms with Crippen molar-refractivity contribution in [2.45, 2.75) is 20.8 Å². The van der Waals surface area contributed by atoms with Gasteiger partial charge in [0.2, 0.25) is 23.8 Å². The Bertz CT molecular complexity index is 1210. The van der Waals surface area contributed by atoms with Crippen molar-refractivity contribution in [3.05, 3.63) is 89.5 Å². The van der Waals surface area contributed by atoms with E-state index in [1.165, 1.54) is 0 Å². The van der Waals surface area contributed by atoms with Gasteiger partial charge in [-0.3, -0.25) is 4.79 Å². The smallest absolute Gasteiger partial charge is 0.243 e. The first kappa shape index (κ1) is 22.7. The van der Waals surface area contributed by atoms with Crippen molar-refractivity contribution in [3.63, 3.8) is 0 Å². The van der Waals surface area contributed by atoms with E-state index in [-0.39, 0.29) is 18.4 Å². The van der Waals surface area contributed by atoms with Crippen molar-refractivity contribution in [2.75, 3.05) is 27.8 Å². The van der Waals surface area contributed by atoms with Crippen LogP contribution < -0.4 is 21.3 Å². The first-order valence-corrected chi connectivity index (χ1v) is 11.0. The molecule has 1 aromatic heterocycles. The molecule has 0 spiro atoms. The summed E-state index contributed by atoms with van der Waals surface area (Å²) in [6.07, 6.45) is 0. The molecule has 4 aromatic rings. The minimum atomic E-state index is -0.198. The maximum Gasteiger partial charge on any atom is 0.243 e. The quantitative estimate of drug-likeness (QED) is 0.286. The second-order valence-electron chi connectivity index (χ2n) is 8.00. The van der Waals surface area contributed by atoms with E-state index in [1.54, 1.807) is 0 Å². The number of amides is 1. The molecule has 0 aliphatic carbocycles. The number of para-hydroxylation sites is 1. The highest BCUT2D eigenvalue weighted by molar-refractivity contribution is 5.94. The molecule has 0 radical (unpaired) electrons. The Hall–Kier alpha value is -4.46. The minimum absolute atomic E-state index is 0.00624. The minimum Gasteiger partial charge on any atom is -0.345 e. The normalized spacial score (nSPS) is 10.4. The highest BCUT2D eigenvalue weighted by atomic mass is 16.1. The predicted octanol–water partition coefficient (Wildman–Crippen LogP) is 5.33. The van der Waals surface area contributed by atoms with E-state index in [1.807, 2.05) is 93.6 Å². The van der Waals surface area contributed by atoms with Gasteiger partial charge in [0, 0.05) is 17.1 Å². The van der Waals surface area contributed by atoms with Gasteiger partial charge in [-0.25, -0.2) is 0 Å². The fraction of sp³-hybridized carbons (Fsp3) is 0.154. The third kappa shape index (κ3) is 6.29. The van der Waals surface area contributed by atoms with Crippen LogP contribution in [0.25, 0.3) is 0 Å². The largest absolute Gasteiger partial charge is 0.345 e. The van der Waals surface area contributed by atoms with Crippen molar-refractivity contribution in [2.24, 2.45) is 0 Å². The van der Waals surface area contributed by atoms with Crippen LogP contribution in [-0.4, -0.2) is 27.4 Å². The maximum absolute atomic E-state index is 12.5. The van der Waals surface area contributed by atoms with E-state index in [4.69, 9.17) is 0 Å². The lowest BCUT2D eigenvalue weighted by atomic mass is 10.2. The van der Waals surface area contributed by atoms with E-state index in [0.717, 1.165) is 33.8 Å². The summed E-state index contributed by atoms with van der Waals surface area (Å²) >= 11 is 0. The number of benzene rings is 3. The predicted molar refractivity (Wildman–Crippen MR) is 137 cm³/mol. The van der Waals surface area contributed by atoms with Crippen LogP contribution >= 0.6 is 0 Å². The second-order valence-corrected chi connectivity index (χ2v) is 8.00. The van der Waals surface area contributed by atoms with Gasteiger partial charge in [-0.2, -0.15) is 15.0 Å². The number of hydrogen-bond acceptors (Lipinski definition) is 7. The van der Waals surface area contributed by atoms with Crippen molar-refractivity contribution in [1.82, 2.24) is 15.0 Å². The van der Waals surface area contributed by atoms with Crippen LogP contribution in [0.5, 0.6) is 0 Å². The van der Waals surface area contributed by atoms with Crippen LogP contribution in [0, 0.1) is 20.8 Å². The molecule has 0 unspecified atom stereocenters. The highest BCUT2D eigenvalue weighted by Gasteiger charge is 2.10. The van der Waals surface area contributed by atoms with Crippen LogP contribution in [0.3, 0.4) is 0 Å². The molecule has 0 atom stereocenters. The molecule has 0 fully saturated rings. The number of nitrogens with zero attached hydrogens (tertiary/aromatic N) is 3. The molecule has 34 heavy (non-hydrogen) atoms. The fourth-order valence-corrected chi connectivity index (χ4v) is 3.17. The zero-order chi connectivity index (χ0) is 23.9. The number of aromatic nitrogens is 3. The molecule has 0 bridgehead atoms. The second kappa shape index (κ2) is 10.4. The van der Waals surface area contributed by atoms with E-state index in [0.29, 0.717) is 11.9 Å². The van der Waals surface area contributed by atoms with Crippen LogP contribution in [0.15, 0.2) is 72.8 Å². The highest BCUT2D eigenvalue weighted by Crippen LogP contribution is 2.19. The number of carbonyl (C=O) groups is 1. The molecular formula is C26H27N7O. The monoisotopic (exact) mass is 453 g/mol. The molecule has 0 saturated carbocycles. The Balaban J connectivity index is 1.51. The molecule has 0 aliphatic heterocycles. The third-order valence-electron chi connectivity index (χ3n) is 5.08. The van der Waals surface area contributed by atoms with Crippen molar-refractivity contribution >= 4 is 40.8 Å². The van der Waals surface area contributed by atoms with Crippen molar-refractivity contribution < 1.29 is 4.79 Å². The summed E-state index contributed by atoms with van der Waals surface area (Å²) in [5.74, 6) is 0.792. The molecule has 4 N–H and O–H groups in total. The van der Waals surface area contributed by atoms with Gasteiger partial charge in [-0.05, 0) is 56.7 Å². The van der Waals surface area contributed by atoms with Crippen LogP contribution in [0.1, 0.15) is 16.7 Å². The summed E-state index contributed by atoms with van der Waals surface area (Å²) in [6.45, 7) is 6.01. The standard InChI is InChI=1S/C26H27N7O/c1-17-8-12-20(13-9-17)28-25-31-24(27-16-23(34)30-22-7-5-4-6-19(22)3)32-26(33-25)29-21-14-10-18(2)11-15-21/h4-15H,16H2,1-3H3,(H,30,34)(H3,27,28,29,31,32,33). The van der Waals surface area contributed by atoms with Crippen molar-refractivity contribution in [3.8, 4) is 0 Å². The molecule has 8 nitrogen and oxygen atoms in total. The Labute approximate surface area is 198 Å². The van der Waals surface area contributed by atoms with Gasteiger partial charge in [0.05, 0.1) is 6.54 Å². The van der Waals surface area contributed by atoms with E-state index in [2.05, 4.69) is 36.2 Å². The molecule has 4 rings (SSSR count). The molecule has 3 aromatic carbocycles. The summed E-state index contributed by atoms with van der Waals surface area (Å²) in [7, 11) is 0. The Morgan fingerprint density at radius 3 is 1.71 bits per heavy atom. The molecule has 172 valence electrons. The maximum atomic E-state index is 12.5. The first-order chi connectivity index (χ1) is 16.4. The lowest BCUT2D eigenvalue weighted by molar-refractivity contribution is -0.114. The Kier molecular flexibility index (Phi) is 6.98. The van der Waals surface area contributed by atoms with E-state index >= 15 is 0 Å². The van der Waals surface area contributed by atoms with Gasteiger partial charge in [0.15, 0.2) is 0 Å². The SMILES string of the molecule is Cc1ccc(Nc2nc(NCC(=O)Nc3ccccc3C)nc(Nc3ccc(C)cc3)n2)cc1. The van der Waals surface area contributed by atoms with Gasteiger partial charge in [-0.1, -0.05) is 53.6 Å². The molecule has 8 heteroatoms. The summed E-state index contributed by atoms with van der Waals surface area (Å²) in [6, 6.07) is 23.5. The van der Waals surface area contributed by atoms with E-state index in [9.17, 15) is 4.79 Å². The van der Waals surface area contributed by atoms with Gasteiger partial charge in [0.25, 0.3) is 0 Å². The average Bonchev–Trinajstić information content (AvgIpc) is 2.82. The zero-order valence-corrected chi connectivity index (χ0v) is 19.4. The lowest BCUT2D eigenvalue weighted by Gasteiger charge is -2.12. The van der Waals surface area contributed by atoms with Crippen LogP contribution in [0.2, 0.25) is 0 Å². The van der Waals surface area contributed by atoms with Gasteiger partial charge in [0.1, 0.15) is 0 Å². The number of rotatable bonds is 8. The first-order valence-electron chi connectivity index (χ1n) is 11.0. The zero-order valence-electron chi connectivity index (χ0n) is 19.4. The van der Waals surface area contributed by atoms with Gasteiger partial charge < -0.3 is 21.3 Å². The van der Waals surface area contributed by atoms with Crippen molar-refractivity contribution in [1.29, 1.82) is 0 Å². The third-order valence-corrected chi connectivity index (χ3v) is 5.08. The Morgan fingerprint density at radius 2 is 1.18 bits per heavy atom. The number of carbonyl (C=O) groups excluding carboxylic acids is 1. The molecule has 1 heterocycles. The summed E-state index contributed by atoms with van der Waals surface area (Å²) in [5, 5.41) is 12.3.